The zero-order chi connectivity index (χ0) is 12.0. The van der Waals surface area contributed by atoms with E-state index in [1.165, 1.54) is 11.1 Å². The molecule has 1 aromatic carbocycles. The maximum Gasteiger partial charge on any atom is 0.0332 e. The molecule has 0 amide bonds. The molecule has 1 rings (SSSR count). The van der Waals surface area contributed by atoms with Crippen LogP contribution < -0.4 is 5.32 Å². The van der Waals surface area contributed by atoms with Gasteiger partial charge in [-0.2, -0.15) is 0 Å². The topological polar surface area (TPSA) is 12.0 Å². The van der Waals surface area contributed by atoms with Gasteiger partial charge in [0.1, 0.15) is 0 Å². The van der Waals surface area contributed by atoms with E-state index in [9.17, 15) is 0 Å². The molecule has 0 aromatic heterocycles. The summed E-state index contributed by atoms with van der Waals surface area (Å²) >= 11 is 3.57. The molecule has 0 heterocycles. The highest BCUT2D eigenvalue weighted by Gasteiger charge is 2.12. The minimum absolute atomic E-state index is 0.360. The normalized spacial score (nSPS) is 12.1. The van der Waals surface area contributed by atoms with Crippen molar-refractivity contribution in [1.29, 1.82) is 0 Å². The standard InChI is InChI=1S/C14H18BrN/c1-4-6-10-14(16-5-2)12-8-7-9-13(15)11(12)3/h1,7-9,14,16H,5-6,10H2,2-3H3. The largest absolute Gasteiger partial charge is 0.310 e. The maximum atomic E-state index is 5.33. The van der Waals surface area contributed by atoms with Crippen LogP contribution in [0.5, 0.6) is 0 Å². The third-order valence-corrected chi connectivity index (χ3v) is 3.57. The van der Waals surface area contributed by atoms with Gasteiger partial charge in [-0.1, -0.05) is 35.0 Å². The van der Waals surface area contributed by atoms with Crippen LogP contribution in [0.3, 0.4) is 0 Å². The monoisotopic (exact) mass is 279 g/mol. The van der Waals surface area contributed by atoms with Gasteiger partial charge in [-0.25, -0.2) is 0 Å². The predicted octanol–water partition coefficient (Wildman–Crippen LogP) is 3.82. The molecule has 0 spiro atoms. The molecule has 2 heteroatoms. The molecule has 16 heavy (non-hydrogen) atoms. The number of terminal acetylenes is 1. The molecule has 86 valence electrons. The summed E-state index contributed by atoms with van der Waals surface area (Å²) in [5, 5.41) is 3.49. The molecule has 1 nitrogen and oxygen atoms in total. The van der Waals surface area contributed by atoms with Gasteiger partial charge in [0.05, 0.1) is 0 Å². The Morgan fingerprint density at radius 1 is 1.50 bits per heavy atom. The quantitative estimate of drug-likeness (QED) is 0.808. The summed E-state index contributed by atoms with van der Waals surface area (Å²) in [6.45, 7) is 5.22. The lowest BCUT2D eigenvalue weighted by Crippen LogP contribution is -2.21. The van der Waals surface area contributed by atoms with Gasteiger partial charge in [-0.05, 0) is 37.1 Å². The Hall–Kier alpha value is -0.780. The van der Waals surface area contributed by atoms with Crippen molar-refractivity contribution in [3.05, 3.63) is 33.8 Å². The van der Waals surface area contributed by atoms with Crippen molar-refractivity contribution in [3.63, 3.8) is 0 Å². The highest BCUT2D eigenvalue weighted by atomic mass is 79.9. The van der Waals surface area contributed by atoms with Crippen LogP contribution in [-0.2, 0) is 0 Å². The van der Waals surface area contributed by atoms with Crippen molar-refractivity contribution in [2.75, 3.05) is 6.54 Å². The molecule has 0 saturated carbocycles. The molecule has 0 aliphatic heterocycles. The second-order valence-corrected chi connectivity index (χ2v) is 4.66. The van der Waals surface area contributed by atoms with Crippen LogP contribution in [0.1, 0.15) is 36.9 Å². The first kappa shape index (κ1) is 13.3. The van der Waals surface area contributed by atoms with Crippen LogP contribution in [0.25, 0.3) is 0 Å². The zero-order valence-electron chi connectivity index (χ0n) is 9.89. The van der Waals surface area contributed by atoms with E-state index in [1.54, 1.807) is 0 Å². The molecule has 1 atom stereocenters. The van der Waals surface area contributed by atoms with Crippen LogP contribution in [0.4, 0.5) is 0 Å². The second-order valence-electron chi connectivity index (χ2n) is 3.81. The predicted molar refractivity (Wildman–Crippen MR) is 73.4 cm³/mol. The van der Waals surface area contributed by atoms with Crippen molar-refractivity contribution >= 4 is 15.9 Å². The average Bonchev–Trinajstić information content (AvgIpc) is 2.28. The number of nitrogens with one attached hydrogen (secondary N) is 1. The highest BCUT2D eigenvalue weighted by Crippen LogP contribution is 2.27. The van der Waals surface area contributed by atoms with Gasteiger partial charge < -0.3 is 5.32 Å². The molecule has 0 aliphatic carbocycles. The van der Waals surface area contributed by atoms with E-state index in [0.717, 1.165) is 23.9 Å². The van der Waals surface area contributed by atoms with Crippen molar-refractivity contribution in [3.8, 4) is 12.3 Å². The first-order chi connectivity index (χ1) is 7.70. The summed E-state index contributed by atoms with van der Waals surface area (Å²) in [5.74, 6) is 2.71. The molecule has 0 fully saturated rings. The van der Waals surface area contributed by atoms with Crippen molar-refractivity contribution in [2.45, 2.75) is 32.7 Å². The number of hydrogen-bond donors (Lipinski definition) is 1. The van der Waals surface area contributed by atoms with Crippen molar-refractivity contribution in [1.82, 2.24) is 5.32 Å². The average molecular weight is 280 g/mol. The summed E-state index contributed by atoms with van der Waals surface area (Å²) in [5.41, 5.74) is 2.64. The van der Waals surface area contributed by atoms with E-state index in [-0.39, 0.29) is 0 Å². The number of benzene rings is 1. The molecule has 0 aliphatic rings. The van der Waals surface area contributed by atoms with Gasteiger partial charge in [0.15, 0.2) is 0 Å². The summed E-state index contributed by atoms with van der Waals surface area (Å²) < 4.78 is 1.16. The van der Waals surface area contributed by atoms with Crippen molar-refractivity contribution in [2.24, 2.45) is 0 Å². The molecule has 1 N–H and O–H groups in total. The fraction of sp³-hybridized carbons (Fsp3) is 0.429. The summed E-state index contributed by atoms with van der Waals surface area (Å²) in [6.07, 6.45) is 7.13. The highest BCUT2D eigenvalue weighted by molar-refractivity contribution is 9.10. The van der Waals surface area contributed by atoms with E-state index >= 15 is 0 Å². The molecule has 1 unspecified atom stereocenters. The molecule has 0 bridgehead atoms. The molecular formula is C14H18BrN. The van der Waals surface area contributed by atoms with Crippen LogP contribution >= 0.6 is 15.9 Å². The number of rotatable bonds is 5. The summed E-state index contributed by atoms with van der Waals surface area (Å²) in [4.78, 5) is 0. The van der Waals surface area contributed by atoms with Gasteiger partial charge in [-0.3, -0.25) is 0 Å². The Morgan fingerprint density at radius 3 is 2.88 bits per heavy atom. The third kappa shape index (κ3) is 3.37. The first-order valence-corrected chi connectivity index (χ1v) is 6.41. The maximum absolute atomic E-state index is 5.33. The van der Waals surface area contributed by atoms with E-state index in [4.69, 9.17) is 6.42 Å². The SMILES string of the molecule is C#CCCC(NCC)c1cccc(Br)c1C. The lowest BCUT2D eigenvalue weighted by molar-refractivity contribution is 0.520. The van der Waals surface area contributed by atoms with Gasteiger partial charge in [-0.15, -0.1) is 12.3 Å². The Morgan fingerprint density at radius 2 is 2.25 bits per heavy atom. The van der Waals surface area contributed by atoms with Crippen LogP contribution in [-0.4, -0.2) is 6.54 Å². The second kappa shape index (κ2) is 6.73. The molecule has 0 radical (unpaired) electrons. The third-order valence-electron chi connectivity index (χ3n) is 2.71. The zero-order valence-corrected chi connectivity index (χ0v) is 11.5. The van der Waals surface area contributed by atoms with Crippen LogP contribution in [0.2, 0.25) is 0 Å². The minimum Gasteiger partial charge on any atom is -0.310 e. The fourth-order valence-electron chi connectivity index (χ4n) is 1.84. The minimum atomic E-state index is 0.360. The molecular weight excluding hydrogens is 262 g/mol. The van der Waals surface area contributed by atoms with E-state index < -0.39 is 0 Å². The van der Waals surface area contributed by atoms with Crippen molar-refractivity contribution < 1.29 is 0 Å². The number of halogens is 1. The Kier molecular flexibility index (Phi) is 5.59. The Balaban J connectivity index is 2.92. The lowest BCUT2D eigenvalue weighted by atomic mass is 9.97. The first-order valence-electron chi connectivity index (χ1n) is 5.62. The number of hydrogen-bond acceptors (Lipinski definition) is 1. The lowest BCUT2D eigenvalue weighted by Gasteiger charge is -2.20. The van der Waals surface area contributed by atoms with E-state index in [2.05, 4.69) is 59.2 Å². The van der Waals surface area contributed by atoms with E-state index in [0.29, 0.717) is 6.04 Å². The Labute approximate surface area is 107 Å². The molecule has 1 aromatic rings. The smallest absolute Gasteiger partial charge is 0.0332 e. The van der Waals surface area contributed by atoms with Gasteiger partial charge in [0.2, 0.25) is 0 Å². The fourth-order valence-corrected chi connectivity index (χ4v) is 2.22. The Bertz CT molecular complexity index is 379. The van der Waals surface area contributed by atoms with E-state index in [1.807, 2.05) is 0 Å². The van der Waals surface area contributed by atoms with Crippen LogP contribution in [0, 0.1) is 19.3 Å². The van der Waals surface area contributed by atoms with Gasteiger partial charge >= 0.3 is 0 Å². The van der Waals surface area contributed by atoms with Gasteiger partial charge in [0.25, 0.3) is 0 Å². The summed E-state index contributed by atoms with van der Waals surface area (Å²) in [6, 6.07) is 6.68. The summed E-state index contributed by atoms with van der Waals surface area (Å²) in [7, 11) is 0. The van der Waals surface area contributed by atoms with Crippen LogP contribution in [0.15, 0.2) is 22.7 Å². The van der Waals surface area contributed by atoms with Gasteiger partial charge in [0, 0.05) is 16.9 Å². The molecule has 0 saturated heterocycles.